The van der Waals surface area contributed by atoms with Gasteiger partial charge in [-0.3, -0.25) is 0 Å². The van der Waals surface area contributed by atoms with Crippen molar-refractivity contribution in [1.29, 1.82) is 0 Å². The summed E-state index contributed by atoms with van der Waals surface area (Å²) >= 11 is 0. The Kier molecular flexibility index (Phi) is 2.73. The summed E-state index contributed by atoms with van der Waals surface area (Å²) in [5.41, 5.74) is 1.59. The van der Waals surface area contributed by atoms with E-state index in [9.17, 15) is 0 Å². The van der Waals surface area contributed by atoms with Crippen LogP contribution in [0.5, 0.6) is 0 Å². The molecule has 1 aromatic heterocycles. The summed E-state index contributed by atoms with van der Waals surface area (Å²) in [7, 11) is 0. The summed E-state index contributed by atoms with van der Waals surface area (Å²) in [6, 6.07) is 2.03. The molecule has 0 unspecified atom stereocenters. The van der Waals surface area contributed by atoms with Crippen LogP contribution >= 0.6 is 0 Å². The van der Waals surface area contributed by atoms with Crippen LogP contribution in [0.15, 0.2) is 10.6 Å². The van der Waals surface area contributed by atoms with E-state index in [2.05, 4.69) is 10.5 Å². The minimum Gasteiger partial charge on any atom is -0.360 e. The number of hydrogen-bond acceptors (Lipinski definition) is 3. The van der Waals surface area contributed by atoms with Crippen LogP contribution in [0.2, 0.25) is 0 Å². The molecule has 4 saturated carbocycles. The van der Waals surface area contributed by atoms with Crippen molar-refractivity contribution in [2.45, 2.75) is 52.0 Å². The summed E-state index contributed by atoms with van der Waals surface area (Å²) in [6.45, 7) is 3.99. The largest absolute Gasteiger partial charge is 0.360 e. The van der Waals surface area contributed by atoms with Gasteiger partial charge in [0.1, 0.15) is 0 Å². The van der Waals surface area contributed by atoms with Gasteiger partial charge in [0.15, 0.2) is 5.76 Å². The summed E-state index contributed by atoms with van der Waals surface area (Å²) in [4.78, 5) is 0. The van der Waals surface area contributed by atoms with E-state index in [1.54, 1.807) is 0 Å². The monoisotopic (exact) mass is 260 g/mol. The SMILES string of the molecule is Cc1cc(CNCC23CC4CC(CC(C4)C2)C3)on1. The highest BCUT2D eigenvalue weighted by molar-refractivity contribution is 5.04. The second kappa shape index (κ2) is 4.34. The van der Waals surface area contributed by atoms with Crippen LogP contribution < -0.4 is 5.32 Å². The van der Waals surface area contributed by atoms with Gasteiger partial charge in [-0.25, -0.2) is 0 Å². The quantitative estimate of drug-likeness (QED) is 0.902. The first-order valence-electron chi connectivity index (χ1n) is 7.84. The third kappa shape index (κ3) is 2.22. The second-order valence-corrected chi connectivity index (χ2v) is 7.46. The van der Waals surface area contributed by atoms with Gasteiger partial charge < -0.3 is 9.84 Å². The zero-order valence-corrected chi connectivity index (χ0v) is 11.8. The van der Waals surface area contributed by atoms with E-state index in [0.717, 1.165) is 35.8 Å². The summed E-state index contributed by atoms with van der Waals surface area (Å²) < 4.78 is 5.27. The van der Waals surface area contributed by atoms with Crippen molar-refractivity contribution < 1.29 is 4.52 Å². The maximum Gasteiger partial charge on any atom is 0.150 e. The summed E-state index contributed by atoms with van der Waals surface area (Å²) in [5.74, 6) is 4.10. The van der Waals surface area contributed by atoms with Crippen LogP contribution in [0, 0.1) is 30.1 Å². The molecule has 19 heavy (non-hydrogen) atoms. The normalized spacial score (nSPS) is 39.9. The van der Waals surface area contributed by atoms with Gasteiger partial charge in [-0.15, -0.1) is 0 Å². The predicted molar refractivity (Wildman–Crippen MR) is 73.6 cm³/mol. The second-order valence-electron chi connectivity index (χ2n) is 7.46. The van der Waals surface area contributed by atoms with Gasteiger partial charge in [0.05, 0.1) is 12.2 Å². The molecule has 1 heterocycles. The Morgan fingerprint density at radius 3 is 2.37 bits per heavy atom. The van der Waals surface area contributed by atoms with E-state index < -0.39 is 0 Å². The fourth-order valence-corrected chi connectivity index (χ4v) is 5.46. The lowest BCUT2D eigenvalue weighted by molar-refractivity contribution is -0.0516. The van der Waals surface area contributed by atoms with Gasteiger partial charge in [-0.2, -0.15) is 0 Å². The summed E-state index contributed by atoms with van der Waals surface area (Å²) in [5, 5.41) is 7.59. The highest BCUT2D eigenvalue weighted by atomic mass is 16.5. The van der Waals surface area contributed by atoms with Crippen molar-refractivity contribution in [3.05, 3.63) is 17.5 Å². The highest BCUT2D eigenvalue weighted by Crippen LogP contribution is 2.59. The zero-order valence-electron chi connectivity index (χ0n) is 11.8. The van der Waals surface area contributed by atoms with Crippen molar-refractivity contribution in [1.82, 2.24) is 10.5 Å². The molecular formula is C16H24N2O. The number of nitrogens with zero attached hydrogens (tertiary/aromatic N) is 1. The number of rotatable bonds is 4. The molecule has 4 aliphatic rings. The number of aryl methyl sites for hydroxylation is 1. The third-order valence-electron chi connectivity index (χ3n) is 5.64. The van der Waals surface area contributed by atoms with E-state index in [4.69, 9.17) is 4.52 Å². The van der Waals surface area contributed by atoms with Crippen molar-refractivity contribution in [2.75, 3.05) is 6.54 Å². The van der Waals surface area contributed by atoms with Crippen LogP contribution in [0.3, 0.4) is 0 Å². The van der Waals surface area contributed by atoms with Crippen molar-refractivity contribution in [2.24, 2.45) is 23.2 Å². The number of nitrogens with one attached hydrogen (secondary N) is 1. The van der Waals surface area contributed by atoms with Gasteiger partial charge in [0, 0.05) is 12.6 Å². The Labute approximate surface area is 115 Å². The third-order valence-corrected chi connectivity index (χ3v) is 5.64. The maximum atomic E-state index is 5.27. The van der Waals surface area contributed by atoms with Crippen molar-refractivity contribution >= 4 is 0 Å². The van der Waals surface area contributed by atoms with Gasteiger partial charge in [-0.1, -0.05) is 5.16 Å². The predicted octanol–water partition coefficient (Wildman–Crippen LogP) is 3.29. The molecule has 1 aromatic rings. The Bertz CT molecular complexity index is 430. The van der Waals surface area contributed by atoms with Crippen LogP contribution in [-0.2, 0) is 6.54 Å². The fourth-order valence-electron chi connectivity index (χ4n) is 5.46. The molecule has 5 rings (SSSR count). The Balaban J connectivity index is 1.37. The van der Waals surface area contributed by atoms with Crippen molar-refractivity contribution in [3.8, 4) is 0 Å². The zero-order chi connectivity index (χ0) is 12.9. The molecule has 0 amide bonds. The molecule has 0 radical (unpaired) electrons. The van der Waals surface area contributed by atoms with E-state index in [1.807, 2.05) is 13.0 Å². The molecule has 4 fully saturated rings. The van der Waals surface area contributed by atoms with Gasteiger partial charge >= 0.3 is 0 Å². The first-order chi connectivity index (χ1) is 9.21. The smallest absolute Gasteiger partial charge is 0.150 e. The lowest BCUT2D eigenvalue weighted by atomic mass is 9.49. The van der Waals surface area contributed by atoms with Crippen LogP contribution in [0.4, 0.5) is 0 Å². The summed E-state index contributed by atoms with van der Waals surface area (Å²) in [6.07, 6.45) is 9.01. The minimum atomic E-state index is 0.615. The molecular weight excluding hydrogens is 236 g/mol. The molecule has 1 N–H and O–H groups in total. The molecule has 0 aromatic carbocycles. The van der Waals surface area contributed by atoms with Gasteiger partial charge in [0.2, 0.25) is 0 Å². The van der Waals surface area contributed by atoms with E-state index in [1.165, 1.54) is 45.1 Å². The molecule has 0 atom stereocenters. The number of aromatic nitrogens is 1. The first kappa shape index (κ1) is 12.0. The van der Waals surface area contributed by atoms with E-state index >= 15 is 0 Å². The Hall–Kier alpha value is -0.830. The molecule has 4 aliphatic carbocycles. The lowest BCUT2D eigenvalue weighted by Gasteiger charge is -2.57. The lowest BCUT2D eigenvalue weighted by Crippen LogP contribution is -2.50. The molecule has 4 bridgehead atoms. The molecule has 0 spiro atoms. The standard InChI is InChI=1S/C16H24N2O/c1-11-2-15(19-18-11)9-17-10-16-6-12-3-13(7-16)5-14(4-12)8-16/h2,12-14,17H,3-10H2,1H3. The topological polar surface area (TPSA) is 38.1 Å². The van der Waals surface area contributed by atoms with Gasteiger partial charge in [-0.05, 0) is 68.6 Å². The molecule has 3 nitrogen and oxygen atoms in total. The molecule has 3 heteroatoms. The highest BCUT2D eigenvalue weighted by Gasteiger charge is 2.50. The Morgan fingerprint density at radius 1 is 1.21 bits per heavy atom. The van der Waals surface area contributed by atoms with Crippen LogP contribution in [-0.4, -0.2) is 11.7 Å². The van der Waals surface area contributed by atoms with Crippen LogP contribution in [0.1, 0.15) is 50.0 Å². The molecule has 0 saturated heterocycles. The van der Waals surface area contributed by atoms with Crippen LogP contribution in [0.25, 0.3) is 0 Å². The average Bonchev–Trinajstić information content (AvgIpc) is 2.73. The average molecular weight is 260 g/mol. The minimum absolute atomic E-state index is 0.615. The first-order valence-corrected chi connectivity index (χ1v) is 7.84. The van der Waals surface area contributed by atoms with E-state index in [-0.39, 0.29) is 0 Å². The van der Waals surface area contributed by atoms with Gasteiger partial charge in [0.25, 0.3) is 0 Å². The maximum absolute atomic E-state index is 5.27. The molecule has 0 aliphatic heterocycles. The fraction of sp³-hybridized carbons (Fsp3) is 0.812. The van der Waals surface area contributed by atoms with E-state index in [0.29, 0.717) is 5.41 Å². The van der Waals surface area contributed by atoms with Crippen molar-refractivity contribution in [3.63, 3.8) is 0 Å². The Morgan fingerprint density at radius 2 is 1.84 bits per heavy atom. The molecule has 104 valence electrons. The number of hydrogen-bond donors (Lipinski definition) is 1.